The minimum atomic E-state index is -0.712. The first-order valence-corrected chi connectivity index (χ1v) is 5.58. The van der Waals surface area contributed by atoms with Gasteiger partial charge in [0.05, 0.1) is 5.92 Å². The molecule has 74 valence electrons. The second-order valence-corrected chi connectivity index (χ2v) is 4.13. The summed E-state index contributed by atoms with van der Waals surface area (Å²) in [5.41, 5.74) is 0. The number of carboxylic acids is 1. The molecule has 0 radical (unpaired) electrons. The van der Waals surface area contributed by atoms with E-state index >= 15 is 0 Å². The van der Waals surface area contributed by atoms with Crippen LogP contribution in [0.2, 0.25) is 0 Å². The molecule has 0 rings (SSSR count). The van der Waals surface area contributed by atoms with E-state index < -0.39 is 5.97 Å². The molecule has 0 aromatic rings. The number of terminal acetylenes is 1. The second-order valence-electron chi connectivity index (χ2n) is 2.98. The molecule has 0 aliphatic rings. The summed E-state index contributed by atoms with van der Waals surface area (Å²) in [5.74, 6) is 3.34. The molecule has 13 heavy (non-hydrogen) atoms. The Morgan fingerprint density at radius 1 is 1.62 bits per heavy atom. The largest absolute Gasteiger partial charge is 0.481 e. The van der Waals surface area contributed by atoms with Crippen molar-refractivity contribution < 1.29 is 9.90 Å². The molecule has 1 unspecified atom stereocenters. The molecular weight excluding hydrogens is 184 g/mol. The molecule has 0 aromatic heterocycles. The zero-order valence-electron chi connectivity index (χ0n) is 7.95. The molecule has 1 atom stereocenters. The zero-order valence-corrected chi connectivity index (χ0v) is 8.77. The van der Waals surface area contributed by atoms with Crippen LogP contribution in [-0.4, -0.2) is 22.6 Å². The number of hydrogen-bond donors (Lipinski definition) is 1. The van der Waals surface area contributed by atoms with Crippen LogP contribution in [0.25, 0.3) is 0 Å². The van der Waals surface area contributed by atoms with Crippen LogP contribution in [0, 0.1) is 18.3 Å². The summed E-state index contributed by atoms with van der Waals surface area (Å²) in [6.07, 6.45) is 8.06. The maximum Gasteiger partial charge on any atom is 0.307 e. The predicted octanol–water partition coefficient (Wildman–Crippen LogP) is 2.24. The van der Waals surface area contributed by atoms with Crippen LogP contribution in [-0.2, 0) is 4.79 Å². The molecule has 0 saturated carbocycles. The Balaban J connectivity index is 3.17. The summed E-state index contributed by atoms with van der Waals surface area (Å²) >= 11 is 1.69. The third-order valence-electron chi connectivity index (χ3n) is 1.65. The highest BCUT2D eigenvalue weighted by atomic mass is 32.2. The first-order chi connectivity index (χ1) is 6.18. The van der Waals surface area contributed by atoms with E-state index in [1.54, 1.807) is 18.7 Å². The highest BCUT2D eigenvalue weighted by Gasteiger charge is 2.09. The Morgan fingerprint density at radius 3 is 2.85 bits per heavy atom. The molecule has 0 heterocycles. The van der Waals surface area contributed by atoms with Gasteiger partial charge in [-0.25, -0.2) is 0 Å². The fourth-order valence-electron chi connectivity index (χ4n) is 0.763. The van der Waals surface area contributed by atoms with Crippen molar-refractivity contribution in [2.24, 2.45) is 5.92 Å². The highest BCUT2D eigenvalue weighted by Crippen LogP contribution is 2.11. The van der Waals surface area contributed by atoms with E-state index in [1.807, 2.05) is 0 Å². The van der Waals surface area contributed by atoms with Crippen molar-refractivity contribution in [3.63, 3.8) is 0 Å². The number of thioether (sulfide) groups is 1. The third kappa shape index (κ3) is 7.73. The van der Waals surface area contributed by atoms with E-state index in [0.29, 0.717) is 5.75 Å². The maximum atomic E-state index is 10.4. The molecule has 0 spiro atoms. The number of unbranched alkanes of at least 4 members (excludes halogenated alkanes) is 2. The zero-order chi connectivity index (χ0) is 10.1. The molecule has 0 aromatic carbocycles. The van der Waals surface area contributed by atoms with Crippen LogP contribution in [0.15, 0.2) is 0 Å². The number of aliphatic carboxylic acids is 1. The minimum absolute atomic E-state index is 0.238. The van der Waals surface area contributed by atoms with Gasteiger partial charge in [0.2, 0.25) is 0 Å². The number of carbonyl (C=O) groups is 1. The van der Waals surface area contributed by atoms with E-state index in [0.717, 1.165) is 25.0 Å². The van der Waals surface area contributed by atoms with Crippen LogP contribution < -0.4 is 0 Å². The van der Waals surface area contributed by atoms with Gasteiger partial charge < -0.3 is 5.11 Å². The number of carboxylic acid groups (broad SMARTS) is 1. The van der Waals surface area contributed by atoms with Crippen LogP contribution in [0.4, 0.5) is 0 Å². The van der Waals surface area contributed by atoms with E-state index in [9.17, 15) is 4.79 Å². The summed E-state index contributed by atoms with van der Waals surface area (Å²) in [5, 5.41) is 8.58. The number of hydrogen-bond acceptors (Lipinski definition) is 2. The van der Waals surface area contributed by atoms with Crippen LogP contribution in [0.5, 0.6) is 0 Å². The van der Waals surface area contributed by atoms with Crippen LogP contribution in [0.3, 0.4) is 0 Å². The van der Waals surface area contributed by atoms with Gasteiger partial charge in [0.15, 0.2) is 0 Å². The number of rotatable bonds is 7. The van der Waals surface area contributed by atoms with Gasteiger partial charge in [-0.3, -0.25) is 4.79 Å². The fraction of sp³-hybridized carbons (Fsp3) is 0.700. The minimum Gasteiger partial charge on any atom is -0.481 e. The van der Waals surface area contributed by atoms with Crippen molar-refractivity contribution in [2.75, 3.05) is 11.5 Å². The van der Waals surface area contributed by atoms with Gasteiger partial charge in [-0.05, 0) is 18.6 Å². The Kier molecular flexibility index (Phi) is 7.62. The van der Waals surface area contributed by atoms with Gasteiger partial charge in [0.1, 0.15) is 0 Å². The second kappa shape index (κ2) is 8.00. The highest BCUT2D eigenvalue weighted by molar-refractivity contribution is 7.99. The average molecular weight is 200 g/mol. The average Bonchev–Trinajstić information content (AvgIpc) is 2.10. The summed E-state index contributed by atoms with van der Waals surface area (Å²) in [4.78, 5) is 10.4. The fourth-order valence-corrected chi connectivity index (χ4v) is 1.83. The van der Waals surface area contributed by atoms with Crippen LogP contribution >= 0.6 is 11.8 Å². The predicted molar refractivity (Wildman–Crippen MR) is 56.8 cm³/mol. The van der Waals surface area contributed by atoms with E-state index in [2.05, 4.69) is 5.92 Å². The van der Waals surface area contributed by atoms with Gasteiger partial charge in [-0.2, -0.15) is 11.8 Å². The summed E-state index contributed by atoms with van der Waals surface area (Å²) < 4.78 is 0. The third-order valence-corrected chi connectivity index (χ3v) is 2.96. The molecule has 0 saturated heterocycles. The molecular formula is C10H16O2S. The Bertz CT molecular complexity index is 184. The SMILES string of the molecule is C#CCCCCSCC(C)C(=O)O. The molecule has 0 amide bonds. The van der Waals surface area contributed by atoms with Gasteiger partial charge in [0, 0.05) is 12.2 Å². The van der Waals surface area contributed by atoms with Gasteiger partial charge in [0.25, 0.3) is 0 Å². The van der Waals surface area contributed by atoms with Crippen molar-refractivity contribution >= 4 is 17.7 Å². The Hall–Kier alpha value is -0.620. The van der Waals surface area contributed by atoms with Crippen molar-refractivity contribution in [1.29, 1.82) is 0 Å². The quantitative estimate of drug-likeness (QED) is 0.506. The molecule has 0 bridgehead atoms. The topological polar surface area (TPSA) is 37.3 Å². The van der Waals surface area contributed by atoms with E-state index in [-0.39, 0.29) is 5.92 Å². The summed E-state index contributed by atoms with van der Waals surface area (Å²) in [6, 6.07) is 0. The maximum absolute atomic E-state index is 10.4. The molecule has 0 aliphatic heterocycles. The first kappa shape index (κ1) is 12.4. The van der Waals surface area contributed by atoms with Crippen molar-refractivity contribution in [3.05, 3.63) is 0 Å². The van der Waals surface area contributed by atoms with Crippen molar-refractivity contribution in [1.82, 2.24) is 0 Å². The van der Waals surface area contributed by atoms with E-state index in [4.69, 9.17) is 11.5 Å². The van der Waals surface area contributed by atoms with Crippen LogP contribution in [0.1, 0.15) is 26.2 Å². The van der Waals surface area contributed by atoms with Crippen molar-refractivity contribution in [2.45, 2.75) is 26.2 Å². The lowest BCUT2D eigenvalue weighted by Gasteiger charge is -2.04. The Morgan fingerprint density at radius 2 is 2.31 bits per heavy atom. The lowest BCUT2D eigenvalue weighted by Crippen LogP contribution is -2.11. The standard InChI is InChI=1S/C10H16O2S/c1-3-4-5-6-7-13-8-9(2)10(11)12/h1,9H,4-8H2,2H3,(H,11,12). The summed E-state index contributed by atoms with van der Waals surface area (Å²) in [6.45, 7) is 1.73. The molecule has 0 fully saturated rings. The molecule has 3 heteroatoms. The lowest BCUT2D eigenvalue weighted by molar-refractivity contribution is -0.140. The molecule has 0 aliphatic carbocycles. The normalized spacial score (nSPS) is 12.0. The molecule has 1 N–H and O–H groups in total. The monoisotopic (exact) mass is 200 g/mol. The molecule has 2 nitrogen and oxygen atoms in total. The van der Waals surface area contributed by atoms with Gasteiger partial charge in [-0.1, -0.05) is 6.92 Å². The van der Waals surface area contributed by atoms with Crippen molar-refractivity contribution in [3.8, 4) is 12.3 Å². The Labute approximate surface area is 84.1 Å². The smallest absolute Gasteiger partial charge is 0.307 e. The van der Waals surface area contributed by atoms with E-state index in [1.165, 1.54) is 0 Å². The summed E-state index contributed by atoms with van der Waals surface area (Å²) in [7, 11) is 0. The first-order valence-electron chi connectivity index (χ1n) is 4.42. The lowest BCUT2D eigenvalue weighted by atomic mass is 10.2. The van der Waals surface area contributed by atoms with Gasteiger partial charge >= 0.3 is 5.97 Å². The van der Waals surface area contributed by atoms with Gasteiger partial charge in [-0.15, -0.1) is 12.3 Å².